The molecule has 0 N–H and O–H groups in total. The first-order valence-electron chi connectivity index (χ1n) is 7.47. The molecule has 2 saturated heterocycles. The number of amides is 1. The number of anilines is 1. The lowest BCUT2D eigenvalue weighted by Crippen LogP contribution is -2.48. The molecule has 1 amide bonds. The molecule has 0 aliphatic carbocycles. The van der Waals surface area contributed by atoms with Crippen LogP contribution in [0.4, 0.5) is 5.82 Å². The first kappa shape index (κ1) is 14.6. The van der Waals surface area contributed by atoms with Crippen molar-refractivity contribution in [2.45, 2.75) is 12.8 Å². The normalized spacial score (nSPS) is 23.2. The molecule has 0 bridgehead atoms. The quantitative estimate of drug-likeness (QED) is 0.836. The van der Waals surface area contributed by atoms with Crippen LogP contribution in [0.5, 0.6) is 0 Å². The van der Waals surface area contributed by atoms with Gasteiger partial charge in [-0.25, -0.2) is 4.98 Å². The van der Waals surface area contributed by atoms with E-state index >= 15 is 0 Å². The second kappa shape index (κ2) is 6.62. The van der Waals surface area contributed by atoms with E-state index in [9.17, 15) is 4.79 Å². The molecule has 0 aromatic carbocycles. The zero-order valence-corrected chi connectivity index (χ0v) is 12.8. The number of pyridine rings is 1. The Bertz CT molecular complexity index is 505. The molecule has 2 fully saturated rings. The Hall–Kier alpha value is -1.33. The maximum Gasteiger partial charge on any atom is 0.227 e. The Morgan fingerprint density at radius 2 is 2.14 bits per heavy atom. The molecule has 2 aliphatic rings. The van der Waals surface area contributed by atoms with Gasteiger partial charge >= 0.3 is 0 Å². The van der Waals surface area contributed by atoms with Gasteiger partial charge in [0.15, 0.2) is 0 Å². The van der Waals surface area contributed by atoms with Crippen molar-refractivity contribution >= 4 is 23.3 Å². The summed E-state index contributed by atoms with van der Waals surface area (Å²) in [5.74, 6) is 1.07. The summed E-state index contributed by atoms with van der Waals surface area (Å²) in [5.41, 5.74) is 0. The Balaban J connectivity index is 1.68. The van der Waals surface area contributed by atoms with Gasteiger partial charge in [0.25, 0.3) is 0 Å². The SMILES string of the molecule is O=C(C1CCCN(c2ncccc2Cl)C1)N1CCOCC1. The smallest absolute Gasteiger partial charge is 0.227 e. The van der Waals surface area contributed by atoms with Crippen molar-refractivity contribution in [3.05, 3.63) is 23.4 Å². The molecule has 2 aliphatic heterocycles. The fraction of sp³-hybridized carbons (Fsp3) is 0.600. The van der Waals surface area contributed by atoms with E-state index in [1.165, 1.54) is 0 Å². The number of hydrogen-bond acceptors (Lipinski definition) is 4. The summed E-state index contributed by atoms with van der Waals surface area (Å²) in [6.07, 6.45) is 3.68. The molecular weight excluding hydrogens is 290 g/mol. The lowest BCUT2D eigenvalue weighted by Gasteiger charge is -2.36. The maximum absolute atomic E-state index is 12.6. The third-order valence-corrected chi connectivity index (χ3v) is 4.43. The van der Waals surface area contributed by atoms with Crippen molar-refractivity contribution in [2.24, 2.45) is 5.92 Å². The van der Waals surface area contributed by atoms with Crippen molar-refractivity contribution in [2.75, 3.05) is 44.3 Å². The van der Waals surface area contributed by atoms with E-state index in [0.29, 0.717) is 37.9 Å². The summed E-state index contributed by atoms with van der Waals surface area (Å²) >= 11 is 6.22. The fourth-order valence-corrected chi connectivity index (χ4v) is 3.26. The van der Waals surface area contributed by atoms with E-state index < -0.39 is 0 Å². The summed E-state index contributed by atoms with van der Waals surface area (Å²) in [4.78, 5) is 21.0. The molecule has 3 rings (SSSR count). The van der Waals surface area contributed by atoms with Crippen molar-refractivity contribution in [3.63, 3.8) is 0 Å². The molecular formula is C15H20ClN3O2. The number of carbonyl (C=O) groups is 1. The third kappa shape index (κ3) is 3.30. The van der Waals surface area contributed by atoms with Crippen LogP contribution in [0, 0.1) is 5.92 Å². The van der Waals surface area contributed by atoms with Gasteiger partial charge in [0.1, 0.15) is 5.82 Å². The van der Waals surface area contributed by atoms with E-state index in [0.717, 1.165) is 25.2 Å². The molecule has 1 aromatic rings. The van der Waals surface area contributed by atoms with E-state index in [1.54, 1.807) is 6.20 Å². The van der Waals surface area contributed by atoms with E-state index in [-0.39, 0.29) is 11.8 Å². The maximum atomic E-state index is 12.6. The predicted molar refractivity (Wildman–Crippen MR) is 81.6 cm³/mol. The average molecular weight is 310 g/mol. The highest BCUT2D eigenvalue weighted by molar-refractivity contribution is 6.32. The number of carbonyl (C=O) groups excluding carboxylic acids is 1. The second-order valence-corrected chi connectivity index (χ2v) is 5.94. The molecule has 1 aromatic heterocycles. The summed E-state index contributed by atoms with van der Waals surface area (Å²) in [5, 5.41) is 0.650. The molecule has 114 valence electrons. The molecule has 5 nitrogen and oxygen atoms in total. The van der Waals surface area contributed by atoms with Gasteiger partial charge in [-0.1, -0.05) is 11.6 Å². The van der Waals surface area contributed by atoms with Crippen LogP contribution < -0.4 is 4.90 Å². The molecule has 3 heterocycles. The highest BCUT2D eigenvalue weighted by Gasteiger charge is 2.31. The van der Waals surface area contributed by atoms with Crippen LogP contribution >= 0.6 is 11.6 Å². The van der Waals surface area contributed by atoms with E-state index in [4.69, 9.17) is 16.3 Å². The van der Waals surface area contributed by atoms with Gasteiger partial charge in [-0.3, -0.25) is 4.79 Å². The van der Waals surface area contributed by atoms with Crippen LogP contribution in [0.2, 0.25) is 5.02 Å². The highest BCUT2D eigenvalue weighted by Crippen LogP contribution is 2.28. The number of nitrogens with zero attached hydrogens (tertiary/aromatic N) is 3. The van der Waals surface area contributed by atoms with Crippen LogP contribution in [0.25, 0.3) is 0 Å². The second-order valence-electron chi connectivity index (χ2n) is 5.53. The molecule has 21 heavy (non-hydrogen) atoms. The minimum Gasteiger partial charge on any atom is -0.378 e. The number of piperidine rings is 1. The zero-order chi connectivity index (χ0) is 14.7. The molecule has 6 heteroatoms. The molecule has 0 saturated carbocycles. The molecule has 0 radical (unpaired) electrons. The summed E-state index contributed by atoms with van der Waals surface area (Å²) in [7, 11) is 0. The largest absolute Gasteiger partial charge is 0.378 e. The third-order valence-electron chi connectivity index (χ3n) is 4.13. The van der Waals surface area contributed by atoms with Crippen molar-refractivity contribution < 1.29 is 9.53 Å². The summed E-state index contributed by atoms with van der Waals surface area (Å²) in [6, 6.07) is 3.67. The lowest BCUT2D eigenvalue weighted by molar-refractivity contribution is -0.139. The first-order chi connectivity index (χ1) is 10.3. The monoisotopic (exact) mass is 309 g/mol. The van der Waals surface area contributed by atoms with Crippen molar-refractivity contribution in [1.82, 2.24) is 9.88 Å². The molecule has 0 spiro atoms. The zero-order valence-electron chi connectivity index (χ0n) is 12.0. The van der Waals surface area contributed by atoms with E-state index in [1.807, 2.05) is 17.0 Å². The van der Waals surface area contributed by atoms with Gasteiger partial charge in [0.05, 0.1) is 24.2 Å². The number of morpholine rings is 1. The van der Waals surface area contributed by atoms with Crippen LogP contribution in [-0.4, -0.2) is 55.2 Å². The number of hydrogen-bond donors (Lipinski definition) is 0. The van der Waals surface area contributed by atoms with Crippen molar-refractivity contribution in [3.8, 4) is 0 Å². The Morgan fingerprint density at radius 1 is 1.33 bits per heavy atom. The van der Waals surface area contributed by atoms with Crippen molar-refractivity contribution in [1.29, 1.82) is 0 Å². The van der Waals surface area contributed by atoms with Crippen LogP contribution in [0.1, 0.15) is 12.8 Å². The topological polar surface area (TPSA) is 45.7 Å². The Morgan fingerprint density at radius 3 is 2.90 bits per heavy atom. The summed E-state index contributed by atoms with van der Waals surface area (Å²) in [6.45, 7) is 4.32. The molecule has 1 unspecified atom stereocenters. The predicted octanol–water partition coefficient (Wildman–Crippen LogP) is 1.81. The van der Waals surface area contributed by atoms with Crippen LogP contribution in [0.15, 0.2) is 18.3 Å². The number of aromatic nitrogens is 1. The number of halogens is 1. The number of rotatable bonds is 2. The highest BCUT2D eigenvalue weighted by atomic mass is 35.5. The standard InChI is InChI=1S/C15H20ClN3O2/c16-13-4-1-5-17-14(13)19-6-2-3-12(11-19)15(20)18-7-9-21-10-8-18/h1,4-5,12H,2-3,6-11H2. The lowest BCUT2D eigenvalue weighted by atomic mass is 9.96. The Kier molecular flexibility index (Phi) is 4.60. The fourth-order valence-electron chi connectivity index (χ4n) is 3.02. The van der Waals surface area contributed by atoms with Gasteiger partial charge in [0, 0.05) is 32.4 Å². The number of ether oxygens (including phenoxy) is 1. The van der Waals surface area contributed by atoms with Gasteiger partial charge in [-0.2, -0.15) is 0 Å². The molecule has 1 atom stereocenters. The van der Waals surface area contributed by atoms with Gasteiger partial charge in [-0.05, 0) is 25.0 Å². The van der Waals surface area contributed by atoms with Gasteiger partial charge in [-0.15, -0.1) is 0 Å². The minimum absolute atomic E-state index is 0.0370. The average Bonchev–Trinajstić information content (AvgIpc) is 2.55. The van der Waals surface area contributed by atoms with E-state index in [2.05, 4.69) is 9.88 Å². The van der Waals surface area contributed by atoms with Crippen LogP contribution in [-0.2, 0) is 9.53 Å². The summed E-state index contributed by atoms with van der Waals surface area (Å²) < 4.78 is 5.31. The van der Waals surface area contributed by atoms with Gasteiger partial charge in [0.2, 0.25) is 5.91 Å². The first-order valence-corrected chi connectivity index (χ1v) is 7.85. The Labute approximate surface area is 129 Å². The minimum atomic E-state index is 0.0370. The van der Waals surface area contributed by atoms with Crippen LogP contribution in [0.3, 0.4) is 0 Å². The van der Waals surface area contributed by atoms with Gasteiger partial charge < -0.3 is 14.5 Å².